The molecule has 0 amide bonds. The molecule has 5 nitrogen and oxygen atoms in total. The van der Waals surface area contributed by atoms with Gasteiger partial charge in [0.05, 0.1) is 6.04 Å². The van der Waals surface area contributed by atoms with E-state index in [4.69, 9.17) is 5.73 Å². The van der Waals surface area contributed by atoms with Crippen molar-refractivity contribution < 1.29 is 0 Å². The van der Waals surface area contributed by atoms with Gasteiger partial charge < -0.3 is 5.73 Å². The number of aromatic nitrogens is 4. The zero-order chi connectivity index (χ0) is 8.55. The largest absolute Gasteiger partial charge is 0.322 e. The van der Waals surface area contributed by atoms with E-state index < -0.39 is 0 Å². The molecule has 0 aliphatic heterocycles. The van der Waals surface area contributed by atoms with E-state index in [2.05, 4.69) is 15.2 Å². The second-order valence-corrected chi connectivity index (χ2v) is 2.64. The minimum absolute atomic E-state index is 0. The highest BCUT2D eigenvalue weighted by atomic mass is 35.5. The first-order chi connectivity index (χ1) is 5.79. The zero-order valence-corrected chi connectivity index (χ0v) is 7.90. The van der Waals surface area contributed by atoms with Crippen molar-refractivity contribution >= 4 is 18.2 Å². The highest BCUT2D eigenvalue weighted by Crippen LogP contribution is 2.06. The van der Waals surface area contributed by atoms with Crippen LogP contribution in [-0.2, 0) is 0 Å². The molecule has 2 aromatic heterocycles. The average Bonchev–Trinajstić information content (AvgIpc) is 2.47. The van der Waals surface area contributed by atoms with Crippen LogP contribution in [0.3, 0.4) is 0 Å². The second kappa shape index (κ2) is 3.68. The third-order valence-corrected chi connectivity index (χ3v) is 1.62. The molecule has 2 N–H and O–H groups in total. The molecule has 0 bridgehead atoms. The van der Waals surface area contributed by atoms with E-state index in [1.54, 1.807) is 10.6 Å². The predicted molar refractivity (Wildman–Crippen MR) is 50.6 cm³/mol. The van der Waals surface area contributed by atoms with Gasteiger partial charge >= 0.3 is 0 Å². The number of halogens is 1. The van der Waals surface area contributed by atoms with E-state index in [0.717, 1.165) is 5.82 Å². The van der Waals surface area contributed by atoms with Crippen LogP contribution in [0.5, 0.6) is 0 Å². The van der Waals surface area contributed by atoms with E-state index in [-0.39, 0.29) is 18.4 Å². The van der Waals surface area contributed by atoms with Crippen LogP contribution in [0.4, 0.5) is 0 Å². The summed E-state index contributed by atoms with van der Waals surface area (Å²) in [7, 11) is 0. The van der Waals surface area contributed by atoms with Crippen LogP contribution in [0, 0.1) is 0 Å². The molecule has 0 fully saturated rings. The molecule has 0 aromatic carbocycles. The van der Waals surface area contributed by atoms with Crippen LogP contribution in [0.2, 0.25) is 0 Å². The van der Waals surface area contributed by atoms with Crippen LogP contribution in [0.25, 0.3) is 5.78 Å². The summed E-state index contributed by atoms with van der Waals surface area (Å²) in [6.45, 7) is 1.86. The first-order valence-corrected chi connectivity index (χ1v) is 3.70. The predicted octanol–water partition coefficient (Wildman–Crippen LogP) is 0.566. The highest BCUT2D eigenvalue weighted by molar-refractivity contribution is 5.85. The maximum Gasteiger partial charge on any atom is 0.254 e. The lowest BCUT2D eigenvalue weighted by Crippen LogP contribution is -2.09. The Morgan fingerprint density at radius 1 is 1.46 bits per heavy atom. The fourth-order valence-electron chi connectivity index (χ4n) is 1.07. The van der Waals surface area contributed by atoms with Gasteiger partial charge in [0.25, 0.3) is 5.78 Å². The van der Waals surface area contributed by atoms with Gasteiger partial charge in [-0.2, -0.15) is 0 Å². The summed E-state index contributed by atoms with van der Waals surface area (Å²) in [6.07, 6.45) is 3.52. The SMILES string of the molecule is CC(N)c1nnc2ncccn12.Cl. The van der Waals surface area contributed by atoms with Crippen molar-refractivity contribution in [2.45, 2.75) is 13.0 Å². The quantitative estimate of drug-likeness (QED) is 0.729. The molecule has 70 valence electrons. The molecule has 0 saturated carbocycles. The average molecular weight is 200 g/mol. The number of nitrogens with two attached hydrogens (primary N) is 1. The van der Waals surface area contributed by atoms with Gasteiger partial charge in [0.15, 0.2) is 5.82 Å². The van der Waals surface area contributed by atoms with E-state index in [9.17, 15) is 0 Å². The summed E-state index contributed by atoms with van der Waals surface area (Å²) < 4.78 is 1.78. The van der Waals surface area contributed by atoms with Gasteiger partial charge in [-0.25, -0.2) is 4.98 Å². The van der Waals surface area contributed by atoms with Crippen molar-refractivity contribution in [1.29, 1.82) is 0 Å². The maximum atomic E-state index is 5.67. The van der Waals surface area contributed by atoms with Gasteiger partial charge in [-0.1, -0.05) is 0 Å². The molecule has 1 unspecified atom stereocenters. The first-order valence-electron chi connectivity index (χ1n) is 3.70. The summed E-state index contributed by atoms with van der Waals surface area (Å²) in [5.74, 6) is 1.32. The Labute approximate surface area is 81.4 Å². The topological polar surface area (TPSA) is 69.1 Å². The van der Waals surface area contributed by atoms with E-state index in [1.165, 1.54) is 0 Å². The molecule has 0 spiro atoms. The van der Waals surface area contributed by atoms with Crippen LogP contribution >= 0.6 is 12.4 Å². The summed E-state index contributed by atoms with van der Waals surface area (Å²) >= 11 is 0. The van der Waals surface area contributed by atoms with Crippen molar-refractivity contribution in [3.8, 4) is 0 Å². The summed E-state index contributed by atoms with van der Waals surface area (Å²) in [5.41, 5.74) is 5.67. The number of rotatable bonds is 1. The molecule has 2 heterocycles. The standard InChI is InChI=1S/C7H9N5.ClH/c1-5(8)6-10-11-7-9-3-2-4-12(6)7;/h2-5H,8H2,1H3;1H. The summed E-state index contributed by atoms with van der Waals surface area (Å²) in [6, 6.07) is 1.70. The Bertz CT molecular complexity index is 396. The fourth-order valence-corrected chi connectivity index (χ4v) is 1.07. The molecule has 0 radical (unpaired) electrons. The number of hydrogen-bond acceptors (Lipinski definition) is 4. The Morgan fingerprint density at radius 3 is 2.92 bits per heavy atom. The maximum absolute atomic E-state index is 5.67. The molecule has 13 heavy (non-hydrogen) atoms. The summed E-state index contributed by atoms with van der Waals surface area (Å²) in [5, 5.41) is 7.78. The monoisotopic (exact) mass is 199 g/mol. The number of hydrogen-bond donors (Lipinski definition) is 1. The Kier molecular flexibility index (Phi) is 2.79. The van der Waals surface area contributed by atoms with E-state index in [0.29, 0.717) is 5.78 Å². The zero-order valence-electron chi connectivity index (χ0n) is 7.08. The van der Waals surface area contributed by atoms with Gasteiger partial charge in [-0.3, -0.25) is 4.40 Å². The normalized spacial score (nSPS) is 12.5. The van der Waals surface area contributed by atoms with Gasteiger partial charge in [0.1, 0.15) is 0 Å². The van der Waals surface area contributed by atoms with Crippen molar-refractivity contribution in [2.24, 2.45) is 5.73 Å². The third-order valence-electron chi connectivity index (χ3n) is 1.62. The molecular formula is C7H10ClN5. The molecule has 2 aromatic rings. The smallest absolute Gasteiger partial charge is 0.254 e. The van der Waals surface area contributed by atoms with Gasteiger partial charge in [-0.05, 0) is 13.0 Å². The van der Waals surface area contributed by atoms with E-state index in [1.807, 2.05) is 19.2 Å². The molecule has 0 aliphatic carbocycles. The van der Waals surface area contributed by atoms with Crippen LogP contribution in [0.15, 0.2) is 18.5 Å². The number of fused-ring (bicyclic) bond motifs is 1. The lowest BCUT2D eigenvalue weighted by molar-refractivity contribution is 0.725. The van der Waals surface area contributed by atoms with Crippen LogP contribution in [0.1, 0.15) is 18.8 Å². The van der Waals surface area contributed by atoms with Crippen molar-refractivity contribution in [1.82, 2.24) is 19.6 Å². The Morgan fingerprint density at radius 2 is 2.23 bits per heavy atom. The number of nitrogens with zero attached hydrogens (tertiary/aromatic N) is 4. The Hall–Kier alpha value is -1.20. The fraction of sp³-hybridized carbons (Fsp3) is 0.286. The lowest BCUT2D eigenvalue weighted by Gasteiger charge is -2.00. The lowest BCUT2D eigenvalue weighted by atomic mass is 10.3. The molecule has 1 atom stereocenters. The van der Waals surface area contributed by atoms with Crippen molar-refractivity contribution in [3.63, 3.8) is 0 Å². The molecule has 2 rings (SSSR count). The van der Waals surface area contributed by atoms with Crippen LogP contribution in [-0.4, -0.2) is 19.6 Å². The molecule has 0 saturated heterocycles. The van der Waals surface area contributed by atoms with Gasteiger partial charge in [-0.15, -0.1) is 22.6 Å². The summed E-state index contributed by atoms with van der Waals surface area (Å²) in [4.78, 5) is 4.02. The van der Waals surface area contributed by atoms with Crippen molar-refractivity contribution in [2.75, 3.05) is 0 Å². The minimum Gasteiger partial charge on any atom is -0.322 e. The first kappa shape index (κ1) is 9.88. The molecule has 0 aliphatic rings. The van der Waals surface area contributed by atoms with Gasteiger partial charge in [0, 0.05) is 12.4 Å². The minimum atomic E-state index is -0.121. The highest BCUT2D eigenvalue weighted by Gasteiger charge is 2.08. The van der Waals surface area contributed by atoms with Gasteiger partial charge in [0.2, 0.25) is 0 Å². The molecular weight excluding hydrogens is 190 g/mol. The Balaban J connectivity index is 0.000000845. The second-order valence-electron chi connectivity index (χ2n) is 2.64. The third kappa shape index (κ3) is 1.61. The van der Waals surface area contributed by atoms with Crippen molar-refractivity contribution in [3.05, 3.63) is 24.3 Å². The van der Waals surface area contributed by atoms with Crippen LogP contribution < -0.4 is 5.73 Å². The molecule has 6 heteroatoms. The van der Waals surface area contributed by atoms with E-state index >= 15 is 0 Å².